The first-order chi connectivity index (χ1) is 7.29. The zero-order valence-corrected chi connectivity index (χ0v) is 14.9. The average molecular weight is 331 g/mol. The molecule has 1 aliphatic rings. The van der Waals surface area contributed by atoms with Gasteiger partial charge >= 0.3 is 0 Å². The van der Waals surface area contributed by atoms with E-state index in [0.29, 0.717) is 0 Å². The smallest absolute Gasteiger partial charge is 0 e. The van der Waals surface area contributed by atoms with Crippen molar-refractivity contribution in [2.24, 2.45) is 11.8 Å². The van der Waals surface area contributed by atoms with E-state index in [4.69, 9.17) is 0 Å². The fourth-order valence-corrected chi connectivity index (χ4v) is 2.67. The van der Waals surface area contributed by atoms with Crippen LogP contribution in [0.25, 0.3) is 0 Å². The normalized spacial score (nSPS) is 24.0. The van der Waals surface area contributed by atoms with Crippen molar-refractivity contribution >= 4 is 23.9 Å². The van der Waals surface area contributed by atoms with E-state index in [1.807, 2.05) is 0 Å². The third kappa shape index (κ3) is 8.89. The van der Waals surface area contributed by atoms with E-state index in [1.165, 1.54) is 57.8 Å². The zero-order chi connectivity index (χ0) is 11.5. The summed E-state index contributed by atoms with van der Waals surface area (Å²) >= 11 is 0. The summed E-state index contributed by atoms with van der Waals surface area (Å²) in [6.45, 7) is 8.93. The molecule has 0 heterocycles. The molecule has 2 unspecified atom stereocenters. The summed E-state index contributed by atoms with van der Waals surface area (Å²) < 4.78 is 0. The van der Waals surface area contributed by atoms with E-state index in [-0.39, 0.29) is 23.9 Å². The van der Waals surface area contributed by atoms with E-state index in [9.17, 15) is 0 Å². The van der Waals surface area contributed by atoms with Crippen molar-refractivity contribution in [3.05, 3.63) is 0 Å². The molecular weight excluding hydrogens is 299 g/mol. The Bertz CT molecular complexity index is 123. The largest absolute Gasteiger partial charge is 0.0656 e. The summed E-state index contributed by atoms with van der Waals surface area (Å²) in [6, 6.07) is 0. The fourth-order valence-electron chi connectivity index (χ4n) is 2.67. The van der Waals surface area contributed by atoms with E-state index in [0.717, 1.165) is 11.8 Å². The van der Waals surface area contributed by atoms with Crippen molar-refractivity contribution in [1.29, 1.82) is 0 Å². The van der Waals surface area contributed by atoms with Crippen LogP contribution in [0.1, 0.15) is 85.5 Å². The molecule has 1 fully saturated rings. The summed E-state index contributed by atoms with van der Waals surface area (Å²) in [4.78, 5) is 0. The first kappa shape index (κ1) is 19.1. The van der Waals surface area contributed by atoms with Crippen molar-refractivity contribution in [2.45, 2.75) is 85.5 Å². The van der Waals surface area contributed by atoms with Crippen molar-refractivity contribution in [1.82, 2.24) is 0 Å². The first-order valence-corrected chi connectivity index (χ1v) is 7.29. The number of unbranched alkanes of at least 4 members (excludes halogenated alkanes) is 1. The van der Waals surface area contributed by atoms with Crippen LogP contribution in [0.15, 0.2) is 0 Å². The van der Waals surface area contributed by atoms with Crippen molar-refractivity contribution in [3.8, 4) is 0 Å². The van der Waals surface area contributed by atoms with E-state index in [2.05, 4.69) is 27.7 Å². The van der Waals surface area contributed by atoms with Crippen LogP contribution >= 0.6 is 0 Å². The first-order valence-electron chi connectivity index (χ1n) is 7.29. The second kappa shape index (κ2) is 13.9. The van der Waals surface area contributed by atoms with E-state index < -0.39 is 0 Å². The molecule has 2 atom stereocenters. The van der Waals surface area contributed by atoms with Crippen LogP contribution in [0, 0.1) is 11.8 Å². The maximum Gasteiger partial charge on any atom is 0 e. The molecule has 0 nitrogen and oxygen atoms in total. The molecule has 0 aliphatic heterocycles. The minimum atomic E-state index is 0. The molecule has 96 valence electrons. The fraction of sp³-hybridized carbons (Fsp3) is 1.00. The predicted molar refractivity (Wildman–Crippen MR) is 77.0 cm³/mol. The molecule has 16 heavy (non-hydrogen) atoms. The van der Waals surface area contributed by atoms with Gasteiger partial charge in [-0.25, -0.2) is 0 Å². The monoisotopic (exact) mass is 332 g/mol. The van der Waals surface area contributed by atoms with Crippen LogP contribution in [0.4, 0.5) is 0 Å². The van der Waals surface area contributed by atoms with Crippen molar-refractivity contribution in [3.63, 3.8) is 0 Å². The molecule has 0 aromatic heterocycles. The molecule has 0 saturated heterocycles. The Hall–Kier alpha value is 0.799. The maximum absolute atomic E-state index is 2.37. The van der Waals surface area contributed by atoms with Gasteiger partial charge in [0.15, 0.2) is 0 Å². The number of hydrogen-bond acceptors (Lipinski definition) is 0. The van der Waals surface area contributed by atoms with Gasteiger partial charge in [0.05, 0.1) is 0 Å². The molecule has 4 radical (unpaired) electrons. The zero-order valence-electron chi connectivity index (χ0n) is 12.0. The summed E-state index contributed by atoms with van der Waals surface area (Å²) in [5, 5.41) is 0. The minimum Gasteiger partial charge on any atom is -0.0656 e. The molecule has 0 spiro atoms. The summed E-state index contributed by atoms with van der Waals surface area (Å²) in [5.41, 5.74) is 0. The van der Waals surface area contributed by atoms with Crippen LogP contribution in [0.5, 0.6) is 0 Å². The van der Waals surface area contributed by atoms with Crippen LogP contribution in [-0.4, -0.2) is 23.9 Å². The number of hydrogen-bond donors (Lipinski definition) is 0. The average Bonchev–Trinajstić information content (AvgIpc) is 2.28. The van der Waals surface area contributed by atoms with Gasteiger partial charge in [0.25, 0.3) is 0 Å². The van der Waals surface area contributed by atoms with Gasteiger partial charge in [-0.15, -0.1) is 0 Å². The summed E-state index contributed by atoms with van der Waals surface area (Å²) in [7, 11) is 0. The molecule has 0 aromatic carbocycles. The Kier molecular flexibility index (Phi) is 16.6. The molecule has 0 bridgehead atoms. The summed E-state index contributed by atoms with van der Waals surface area (Å²) in [6.07, 6.45) is 13.1. The SMILES string of the molecule is CCC.CCCCC1CCCCC1CC.[Sn]. The van der Waals surface area contributed by atoms with Gasteiger partial charge in [0.2, 0.25) is 0 Å². The third-order valence-electron chi connectivity index (χ3n) is 3.52. The Morgan fingerprint density at radius 2 is 1.38 bits per heavy atom. The van der Waals surface area contributed by atoms with E-state index >= 15 is 0 Å². The molecule has 0 aromatic rings. The minimum absolute atomic E-state index is 0. The van der Waals surface area contributed by atoms with Crippen LogP contribution in [0.2, 0.25) is 0 Å². The van der Waals surface area contributed by atoms with Crippen molar-refractivity contribution < 1.29 is 0 Å². The van der Waals surface area contributed by atoms with Crippen LogP contribution < -0.4 is 0 Å². The van der Waals surface area contributed by atoms with Gasteiger partial charge in [-0.3, -0.25) is 0 Å². The third-order valence-corrected chi connectivity index (χ3v) is 3.52. The standard InChI is InChI=1S/C12H24.C3H8.Sn/c1-3-5-8-12-10-7-6-9-11(12)4-2;1-3-2;/h11-12H,3-10H2,1-2H3;3H2,1-2H3;. The Labute approximate surface area is 121 Å². The maximum atomic E-state index is 2.37. The van der Waals surface area contributed by atoms with Crippen molar-refractivity contribution in [2.75, 3.05) is 0 Å². The predicted octanol–water partition coefficient (Wildman–Crippen LogP) is 5.43. The molecule has 1 rings (SSSR count). The van der Waals surface area contributed by atoms with Gasteiger partial charge < -0.3 is 0 Å². The Balaban J connectivity index is 0. The summed E-state index contributed by atoms with van der Waals surface area (Å²) in [5.74, 6) is 2.16. The second-order valence-electron chi connectivity index (χ2n) is 5.06. The molecule has 1 heteroatoms. The molecule has 1 saturated carbocycles. The Morgan fingerprint density at radius 1 is 0.875 bits per heavy atom. The quantitative estimate of drug-likeness (QED) is 0.603. The van der Waals surface area contributed by atoms with Crippen LogP contribution in [0.3, 0.4) is 0 Å². The number of rotatable bonds is 4. The van der Waals surface area contributed by atoms with Gasteiger partial charge in [-0.05, 0) is 11.8 Å². The molecule has 0 amide bonds. The van der Waals surface area contributed by atoms with Gasteiger partial charge in [-0.2, -0.15) is 0 Å². The van der Waals surface area contributed by atoms with Crippen LogP contribution in [-0.2, 0) is 0 Å². The van der Waals surface area contributed by atoms with E-state index in [1.54, 1.807) is 0 Å². The van der Waals surface area contributed by atoms with Gasteiger partial charge in [-0.1, -0.05) is 85.5 Å². The van der Waals surface area contributed by atoms with Gasteiger partial charge in [0, 0.05) is 23.9 Å². The molecule has 1 aliphatic carbocycles. The molecular formula is C15H32Sn. The molecule has 0 N–H and O–H groups in total. The topological polar surface area (TPSA) is 0 Å². The Morgan fingerprint density at radius 3 is 1.81 bits per heavy atom. The second-order valence-corrected chi connectivity index (χ2v) is 5.06. The van der Waals surface area contributed by atoms with Gasteiger partial charge in [0.1, 0.15) is 0 Å².